The number of carbonyl (C=O) groups is 1. The molecule has 0 unspecified atom stereocenters. The minimum Gasteiger partial charge on any atom is -0.506 e. The summed E-state index contributed by atoms with van der Waals surface area (Å²) in [5, 5.41) is 11.0. The Morgan fingerprint density at radius 1 is 1.24 bits per heavy atom. The highest BCUT2D eigenvalue weighted by atomic mass is 79.9. The van der Waals surface area contributed by atoms with Gasteiger partial charge in [0.2, 0.25) is 0 Å². The van der Waals surface area contributed by atoms with Gasteiger partial charge in [-0.05, 0) is 76.1 Å². The smallest absolute Gasteiger partial charge is 0.266 e. The Labute approximate surface area is 191 Å². The highest BCUT2D eigenvalue weighted by Crippen LogP contribution is 2.38. The number of rotatable bonds is 5. The summed E-state index contributed by atoms with van der Waals surface area (Å²) in [7, 11) is 1.61. The van der Waals surface area contributed by atoms with E-state index in [0.29, 0.717) is 26.7 Å². The van der Waals surface area contributed by atoms with E-state index in [0.717, 1.165) is 15.9 Å². The van der Waals surface area contributed by atoms with Crippen molar-refractivity contribution in [2.75, 3.05) is 13.7 Å². The van der Waals surface area contributed by atoms with Crippen LogP contribution in [0.3, 0.4) is 0 Å². The molecule has 1 amide bonds. The lowest BCUT2D eigenvalue weighted by atomic mass is 10.1. The monoisotopic (exact) mass is 538 g/mol. The molecular weight excluding hydrogens is 520 g/mol. The predicted octanol–water partition coefficient (Wildman–Crippen LogP) is 6.19. The molecule has 0 radical (unpaired) electrons. The van der Waals surface area contributed by atoms with E-state index in [1.54, 1.807) is 30.2 Å². The van der Waals surface area contributed by atoms with Crippen LogP contribution in [0.4, 0.5) is 5.69 Å². The SMILES string of the molecule is COc1ccc(N=C2SC(=Cc3cc(Br)cc(Br)c3O)C(=O)N2CC(C)C)cc1. The summed E-state index contributed by atoms with van der Waals surface area (Å²) in [4.78, 5) is 19.9. The number of amides is 1. The van der Waals surface area contributed by atoms with Gasteiger partial charge in [-0.2, -0.15) is 0 Å². The van der Waals surface area contributed by atoms with Crippen molar-refractivity contribution in [2.45, 2.75) is 13.8 Å². The molecule has 152 valence electrons. The maximum absolute atomic E-state index is 13.1. The summed E-state index contributed by atoms with van der Waals surface area (Å²) in [6, 6.07) is 10.9. The van der Waals surface area contributed by atoms with Gasteiger partial charge < -0.3 is 9.84 Å². The number of halogens is 2. The lowest BCUT2D eigenvalue weighted by molar-refractivity contribution is -0.122. The standard InChI is InChI=1S/C21H20Br2N2O3S/c1-12(2)11-25-20(27)18(9-13-8-14(22)10-17(23)19(13)26)29-21(25)24-15-4-6-16(28-3)7-5-15/h4-10,12,26H,11H2,1-3H3. The fourth-order valence-corrected chi connectivity index (χ4v) is 4.98. The van der Waals surface area contributed by atoms with Crippen LogP contribution in [0, 0.1) is 5.92 Å². The molecular formula is C21H20Br2N2O3S. The van der Waals surface area contributed by atoms with E-state index < -0.39 is 0 Å². The normalized spacial score (nSPS) is 17.0. The second-order valence-corrected chi connectivity index (χ2v) is 9.62. The number of nitrogens with zero attached hydrogens (tertiary/aromatic N) is 2. The van der Waals surface area contributed by atoms with Crippen molar-refractivity contribution in [3.63, 3.8) is 0 Å². The number of carbonyl (C=O) groups excluding carboxylic acids is 1. The molecule has 1 aliphatic rings. The lowest BCUT2D eigenvalue weighted by Crippen LogP contribution is -2.32. The van der Waals surface area contributed by atoms with Crippen molar-refractivity contribution in [1.82, 2.24) is 4.90 Å². The number of methoxy groups -OCH3 is 1. The Bertz CT molecular complexity index is 988. The molecule has 29 heavy (non-hydrogen) atoms. The minimum absolute atomic E-state index is 0.0880. The number of aromatic hydroxyl groups is 1. The first-order valence-electron chi connectivity index (χ1n) is 8.90. The molecule has 0 atom stereocenters. The molecule has 1 fully saturated rings. The Kier molecular flexibility index (Phi) is 7.08. The van der Waals surface area contributed by atoms with Crippen LogP contribution < -0.4 is 4.74 Å². The number of phenolic OH excluding ortho intramolecular Hbond substituents is 1. The first-order chi connectivity index (χ1) is 13.8. The average Bonchev–Trinajstić information content (AvgIpc) is 2.94. The van der Waals surface area contributed by atoms with Gasteiger partial charge in [0, 0.05) is 16.6 Å². The van der Waals surface area contributed by atoms with Crippen molar-refractivity contribution >= 4 is 66.5 Å². The number of hydrogen-bond donors (Lipinski definition) is 1. The van der Waals surface area contributed by atoms with E-state index in [2.05, 4.69) is 50.7 Å². The van der Waals surface area contributed by atoms with Crippen molar-refractivity contribution < 1.29 is 14.6 Å². The number of aliphatic imine (C=N–C) groups is 1. The predicted molar refractivity (Wildman–Crippen MR) is 126 cm³/mol. The molecule has 0 aliphatic carbocycles. The van der Waals surface area contributed by atoms with Crippen molar-refractivity contribution in [3.8, 4) is 11.5 Å². The molecule has 2 aromatic carbocycles. The zero-order valence-corrected chi connectivity index (χ0v) is 20.1. The van der Waals surface area contributed by atoms with E-state index in [1.165, 1.54) is 11.8 Å². The van der Waals surface area contributed by atoms with Crippen molar-refractivity contribution in [3.05, 3.63) is 55.8 Å². The lowest BCUT2D eigenvalue weighted by Gasteiger charge is -2.17. The molecule has 3 rings (SSSR count). The van der Waals surface area contributed by atoms with E-state index >= 15 is 0 Å². The van der Waals surface area contributed by atoms with Crippen LogP contribution in [0.15, 0.2) is 55.2 Å². The second-order valence-electron chi connectivity index (χ2n) is 6.84. The molecule has 1 aliphatic heterocycles. The van der Waals surface area contributed by atoms with Gasteiger partial charge in [-0.3, -0.25) is 9.69 Å². The summed E-state index contributed by atoms with van der Waals surface area (Å²) in [5.74, 6) is 1.00. The van der Waals surface area contributed by atoms with Crippen LogP contribution in [-0.4, -0.2) is 34.7 Å². The van der Waals surface area contributed by atoms with E-state index in [9.17, 15) is 9.90 Å². The average molecular weight is 540 g/mol. The fourth-order valence-electron chi connectivity index (χ4n) is 2.72. The van der Waals surface area contributed by atoms with Crippen LogP contribution in [0.2, 0.25) is 0 Å². The van der Waals surface area contributed by atoms with Gasteiger partial charge in [0.1, 0.15) is 11.5 Å². The van der Waals surface area contributed by atoms with E-state index in [4.69, 9.17) is 4.74 Å². The van der Waals surface area contributed by atoms with Gasteiger partial charge in [-0.25, -0.2) is 4.99 Å². The second kappa shape index (κ2) is 9.36. The quantitative estimate of drug-likeness (QED) is 0.460. The van der Waals surface area contributed by atoms with Gasteiger partial charge in [-0.15, -0.1) is 0 Å². The van der Waals surface area contributed by atoms with Gasteiger partial charge in [0.05, 0.1) is 22.2 Å². The number of thioether (sulfide) groups is 1. The zero-order valence-electron chi connectivity index (χ0n) is 16.1. The number of hydrogen-bond acceptors (Lipinski definition) is 5. The summed E-state index contributed by atoms with van der Waals surface area (Å²) >= 11 is 8.05. The van der Waals surface area contributed by atoms with Crippen LogP contribution >= 0.6 is 43.6 Å². The molecule has 1 saturated heterocycles. The summed E-state index contributed by atoms with van der Waals surface area (Å²) in [6.07, 6.45) is 1.70. The van der Waals surface area contributed by atoms with Crippen LogP contribution in [-0.2, 0) is 4.79 Å². The molecule has 1 heterocycles. The van der Waals surface area contributed by atoms with E-state index in [1.807, 2.05) is 24.3 Å². The molecule has 0 aromatic heterocycles. The van der Waals surface area contributed by atoms with Gasteiger partial charge in [0.25, 0.3) is 5.91 Å². The molecule has 5 nitrogen and oxygen atoms in total. The fraction of sp³-hybridized carbons (Fsp3) is 0.238. The van der Waals surface area contributed by atoms with Gasteiger partial charge >= 0.3 is 0 Å². The molecule has 0 saturated carbocycles. The maximum Gasteiger partial charge on any atom is 0.266 e. The molecule has 1 N–H and O–H groups in total. The highest BCUT2D eigenvalue weighted by Gasteiger charge is 2.34. The minimum atomic E-state index is -0.119. The summed E-state index contributed by atoms with van der Waals surface area (Å²) in [5.41, 5.74) is 1.29. The third kappa shape index (κ3) is 5.24. The Balaban J connectivity index is 1.99. The molecule has 0 bridgehead atoms. The summed E-state index contributed by atoms with van der Waals surface area (Å²) in [6.45, 7) is 4.68. The van der Waals surface area contributed by atoms with Crippen LogP contribution in [0.5, 0.6) is 11.5 Å². The largest absolute Gasteiger partial charge is 0.506 e. The third-order valence-electron chi connectivity index (χ3n) is 4.08. The van der Waals surface area contributed by atoms with Crippen molar-refractivity contribution in [2.24, 2.45) is 10.9 Å². The Hall–Kier alpha value is -1.77. The highest BCUT2D eigenvalue weighted by molar-refractivity contribution is 9.11. The third-order valence-corrected chi connectivity index (χ3v) is 6.15. The van der Waals surface area contributed by atoms with Crippen molar-refractivity contribution in [1.29, 1.82) is 0 Å². The first kappa shape index (κ1) is 21.9. The maximum atomic E-state index is 13.1. The van der Waals surface area contributed by atoms with Crippen LogP contribution in [0.1, 0.15) is 19.4 Å². The molecule has 0 spiro atoms. The van der Waals surface area contributed by atoms with Gasteiger partial charge in [0.15, 0.2) is 5.17 Å². The molecule has 8 heteroatoms. The topological polar surface area (TPSA) is 62.1 Å². The Morgan fingerprint density at radius 3 is 2.55 bits per heavy atom. The van der Waals surface area contributed by atoms with Gasteiger partial charge in [-0.1, -0.05) is 29.8 Å². The zero-order chi connectivity index (χ0) is 21.1. The van der Waals surface area contributed by atoms with E-state index in [-0.39, 0.29) is 17.6 Å². The Morgan fingerprint density at radius 2 is 1.93 bits per heavy atom. The number of ether oxygens (including phenoxy) is 1. The number of phenols is 1. The molecule has 2 aromatic rings. The van der Waals surface area contributed by atoms with Crippen LogP contribution in [0.25, 0.3) is 6.08 Å². The summed E-state index contributed by atoms with van der Waals surface area (Å²) < 4.78 is 6.54. The number of amidine groups is 1. The first-order valence-corrected chi connectivity index (χ1v) is 11.3. The number of benzene rings is 2.